The first-order valence-corrected chi connectivity index (χ1v) is 10.6. The summed E-state index contributed by atoms with van der Waals surface area (Å²) in [5.41, 5.74) is 3.36. The summed E-state index contributed by atoms with van der Waals surface area (Å²) in [7, 11) is 0. The Morgan fingerprint density at radius 3 is 2.74 bits per heavy atom. The molecule has 0 saturated carbocycles. The van der Waals surface area contributed by atoms with Crippen molar-refractivity contribution >= 4 is 5.91 Å². The van der Waals surface area contributed by atoms with Crippen molar-refractivity contribution in [1.29, 1.82) is 0 Å². The average Bonchev–Trinajstić information content (AvgIpc) is 3.45. The van der Waals surface area contributed by atoms with Crippen molar-refractivity contribution in [2.24, 2.45) is 0 Å². The van der Waals surface area contributed by atoms with Gasteiger partial charge in [-0.2, -0.15) is 0 Å². The monoisotopic (exact) mass is 420 g/mol. The number of hydrogen-bond donors (Lipinski definition) is 1. The molecule has 4 rings (SSSR count). The lowest BCUT2D eigenvalue weighted by Gasteiger charge is -2.24. The predicted octanol–water partition coefficient (Wildman–Crippen LogP) is 2.51. The van der Waals surface area contributed by atoms with E-state index in [0.29, 0.717) is 32.7 Å². The Labute approximate surface area is 182 Å². The second kappa shape index (κ2) is 9.70. The van der Waals surface area contributed by atoms with Crippen molar-refractivity contribution in [3.63, 3.8) is 0 Å². The number of rotatable bonds is 8. The van der Waals surface area contributed by atoms with Gasteiger partial charge in [-0.3, -0.25) is 9.69 Å². The fraction of sp³-hybridized carbons (Fsp3) is 0.391. The summed E-state index contributed by atoms with van der Waals surface area (Å²) in [6.45, 7) is 6.45. The van der Waals surface area contributed by atoms with Gasteiger partial charge in [0.25, 0.3) is 0 Å². The Morgan fingerprint density at radius 2 is 2.00 bits per heavy atom. The third-order valence-corrected chi connectivity index (χ3v) is 5.66. The minimum Gasteiger partial charge on any atom is -0.494 e. The van der Waals surface area contributed by atoms with Crippen LogP contribution in [0.5, 0.6) is 5.75 Å². The molecule has 8 nitrogen and oxygen atoms in total. The van der Waals surface area contributed by atoms with E-state index in [-0.39, 0.29) is 18.0 Å². The maximum absolute atomic E-state index is 13.2. The van der Waals surface area contributed by atoms with E-state index in [0.717, 1.165) is 16.9 Å². The van der Waals surface area contributed by atoms with Gasteiger partial charge in [-0.15, -0.1) is 5.10 Å². The fourth-order valence-electron chi connectivity index (χ4n) is 4.02. The molecule has 2 heterocycles. The van der Waals surface area contributed by atoms with Crippen molar-refractivity contribution < 1.29 is 9.53 Å². The maximum atomic E-state index is 13.2. The van der Waals surface area contributed by atoms with Gasteiger partial charge in [0.05, 0.1) is 18.7 Å². The van der Waals surface area contributed by atoms with Gasteiger partial charge in [-0.05, 0) is 42.3 Å². The summed E-state index contributed by atoms with van der Waals surface area (Å²) in [4.78, 5) is 15.4. The zero-order valence-electron chi connectivity index (χ0n) is 17.9. The van der Waals surface area contributed by atoms with Gasteiger partial charge in [0, 0.05) is 25.2 Å². The number of hydrogen-bond acceptors (Lipinski definition) is 6. The molecule has 1 N–H and O–H groups in total. The van der Waals surface area contributed by atoms with Crippen LogP contribution in [0.25, 0.3) is 0 Å². The van der Waals surface area contributed by atoms with E-state index >= 15 is 0 Å². The number of aromatic nitrogens is 4. The number of ether oxygens (including phenoxy) is 1. The van der Waals surface area contributed by atoms with Gasteiger partial charge in [-0.25, -0.2) is 4.68 Å². The Morgan fingerprint density at radius 1 is 1.19 bits per heavy atom. The van der Waals surface area contributed by atoms with E-state index in [9.17, 15) is 4.79 Å². The lowest BCUT2D eigenvalue weighted by Crippen LogP contribution is -2.42. The number of nitrogens with one attached hydrogen (secondary N) is 1. The summed E-state index contributed by atoms with van der Waals surface area (Å²) in [5.74, 6) is 0.875. The topological polar surface area (TPSA) is 85.2 Å². The van der Waals surface area contributed by atoms with E-state index in [2.05, 4.69) is 50.9 Å². The van der Waals surface area contributed by atoms with Crippen LogP contribution in [-0.4, -0.2) is 50.2 Å². The number of carbonyl (C=O) groups is 1. The molecule has 1 aliphatic heterocycles. The SMILES string of the molecule is CCOc1ccccc1CN1C[C@@H](n2cnnn2)C[C@H]1C(=O)NCc1ccc(C)cc1. The molecule has 2 atom stereocenters. The van der Waals surface area contributed by atoms with Crippen LogP contribution in [0.3, 0.4) is 0 Å². The molecule has 1 saturated heterocycles. The molecule has 1 aliphatic rings. The van der Waals surface area contributed by atoms with Gasteiger partial charge in [-0.1, -0.05) is 48.0 Å². The first kappa shape index (κ1) is 21.0. The quantitative estimate of drug-likeness (QED) is 0.603. The average molecular weight is 421 g/mol. The molecule has 1 aromatic heterocycles. The molecule has 0 bridgehead atoms. The molecular formula is C23H28N6O2. The highest BCUT2D eigenvalue weighted by atomic mass is 16.5. The lowest BCUT2D eigenvalue weighted by molar-refractivity contribution is -0.125. The van der Waals surface area contributed by atoms with Crippen LogP contribution in [0, 0.1) is 6.92 Å². The smallest absolute Gasteiger partial charge is 0.237 e. The fourth-order valence-corrected chi connectivity index (χ4v) is 4.02. The largest absolute Gasteiger partial charge is 0.494 e. The van der Waals surface area contributed by atoms with Gasteiger partial charge in [0.15, 0.2) is 0 Å². The number of tetrazole rings is 1. The molecule has 162 valence electrons. The summed E-state index contributed by atoms with van der Waals surface area (Å²) >= 11 is 0. The Balaban J connectivity index is 1.49. The molecule has 2 aromatic carbocycles. The number of aryl methyl sites for hydroxylation is 1. The van der Waals surface area contributed by atoms with Gasteiger partial charge >= 0.3 is 0 Å². The molecular weight excluding hydrogens is 392 g/mol. The molecule has 1 fully saturated rings. The van der Waals surface area contributed by atoms with Crippen molar-refractivity contribution in [3.05, 3.63) is 71.5 Å². The minimum absolute atomic E-state index is 0.0186. The minimum atomic E-state index is -0.269. The van der Waals surface area contributed by atoms with Crippen molar-refractivity contribution in [3.8, 4) is 5.75 Å². The van der Waals surface area contributed by atoms with Crippen LogP contribution in [0.15, 0.2) is 54.9 Å². The van der Waals surface area contributed by atoms with Crippen LogP contribution in [-0.2, 0) is 17.9 Å². The van der Waals surface area contributed by atoms with Gasteiger partial charge in [0.2, 0.25) is 5.91 Å². The summed E-state index contributed by atoms with van der Waals surface area (Å²) in [6.07, 6.45) is 2.27. The molecule has 1 amide bonds. The highest BCUT2D eigenvalue weighted by molar-refractivity contribution is 5.82. The maximum Gasteiger partial charge on any atom is 0.237 e. The normalized spacial score (nSPS) is 18.8. The standard InChI is InChI=1S/C23H28N6O2/c1-3-31-22-7-5-4-6-19(22)14-28-15-20(29-16-25-26-27-29)12-21(28)23(30)24-13-18-10-8-17(2)9-11-18/h4-11,16,20-21H,3,12-15H2,1-2H3,(H,24,30)/t20-,21-/m0/s1. The molecule has 0 spiro atoms. The second-order valence-corrected chi connectivity index (χ2v) is 7.87. The van der Waals surface area contributed by atoms with Gasteiger partial charge in [0.1, 0.15) is 12.1 Å². The van der Waals surface area contributed by atoms with Crippen molar-refractivity contribution in [2.45, 2.75) is 45.4 Å². The van der Waals surface area contributed by atoms with Crippen LogP contribution >= 0.6 is 0 Å². The van der Waals surface area contributed by atoms with Crippen LogP contribution in [0.4, 0.5) is 0 Å². The molecule has 8 heteroatoms. The number of nitrogens with zero attached hydrogens (tertiary/aromatic N) is 5. The number of carbonyl (C=O) groups excluding carboxylic acids is 1. The van der Waals surface area contributed by atoms with E-state index in [1.165, 1.54) is 5.56 Å². The highest BCUT2D eigenvalue weighted by Gasteiger charge is 2.38. The molecule has 0 unspecified atom stereocenters. The number of amides is 1. The van der Waals surface area contributed by atoms with Crippen molar-refractivity contribution in [1.82, 2.24) is 30.4 Å². The second-order valence-electron chi connectivity index (χ2n) is 7.87. The number of likely N-dealkylation sites (tertiary alicyclic amines) is 1. The van der Waals surface area contributed by atoms with Crippen molar-refractivity contribution in [2.75, 3.05) is 13.2 Å². The summed E-state index contributed by atoms with van der Waals surface area (Å²) in [5, 5.41) is 14.7. The van der Waals surface area contributed by atoms with E-state index in [4.69, 9.17) is 4.74 Å². The first-order chi connectivity index (χ1) is 15.1. The van der Waals surface area contributed by atoms with Gasteiger partial charge < -0.3 is 10.1 Å². The van der Waals surface area contributed by atoms with Crippen LogP contribution in [0.2, 0.25) is 0 Å². The Hall–Kier alpha value is -3.26. The zero-order chi connectivity index (χ0) is 21.6. The Kier molecular flexibility index (Phi) is 6.57. The molecule has 31 heavy (non-hydrogen) atoms. The van der Waals surface area contributed by atoms with Crippen LogP contribution in [0.1, 0.15) is 36.1 Å². The molecule has 3 aromatic rings. The van der Waals surface area contributed by atoms with E-state index in [1.54, 1.807) is 11.0 Å². The summed E-state index contributed by atoms with van der Waals surface area (Å²) in [6, 6.07) is 16.0. The first-order valence-electron chi connectivity index (χ1n) is 10.6. The predicted molar refractivity (Wildman–Crippen MR) is 116 cm³/mol. The van der Waals surface area contributed by atoms with E-state index < -0.39 is 0 Å². The third-order valence-electron chi connectivity index (χ3n) is 5.66. The Bertz CT molecular complexity index is 990. The number of para-hydroxylation sites is 1. The molecule has 0 radical (unpaired) electrons. The molecule has 0 aliphatic carbocycles. The summed E-state index contributed by atoms with van der Waals surface area (Å²) < 4.78 is 7.54. The van der Waals surface area contributed by atoms with Crippen LogP contribution < -0.4 is 10.1 Å². The zero-order valence-corrected chi connectivity index (χ0v) is 17.9. The highest BCUT2D eigenvalue weighted by Crippen LogP contribution is 2.30. The third kappa shape index (κ3) is 5.08. The van der Waals surface area contributed by atoms with E-state index in [1.807, 2.05) is 37.3 Å². The lowest BCUT2D eigenvalue weighted by atomic mass is 10.1. The number of benzene rings is 2.